The van der Waals surface area contributed by atoms with Gasteiger partial charge in [-0.15, -0.1) is 0 Å². The van der Waals surface area contributed by atoms with Gasteiger partial charge in [0.1, 0.15) is 5.69 Å². The molecule has 1 aromatic heterocycles. The summed E-state index contributed by atoms with van der Waals surface area (Å²) in [5.74, 6) is -0.331. The molecule has 0 saturated carbocycles. The van der Waals surface area contributed by atoms with Crippen molar-refractivity contribution in [2.75, 3.05) is 0 Å². The Morgan fingerprint density at radius 3 is 2.65 bits per heavy atom. The molecule has 0 aliphatic carbocycles. The molecule has 0 aliphatic rings. The smallest absolute Gasteiger partial charge is 0.308 e. The third kappa shape index (κ3) is 2.57. The SMILES string of the molecule is CC(=O)Oc1cc(=O)[nH]nc1-c1ccccc1. The second kappa shape index (κ2) is 4.61. The lowest BCUT2D eigenvalue weighted by molar-refractivity contribution is -0.131. The number of H-pyrrole nitrogens is 1. The molecule has 0 spiro atoms. The Hall–Kier alpha value is -2.43. The lowest BCUT2D eigenvalue weighted by Crippen LogP contribution is -2.11. The first kappa shape index (κ1) is 11.1. The highest BCUT2D eigenvalue weighted by Crippen LogP contribution is 2.25. The second-order valence-corrected chi connectivity index (χ2v) is 3.40. The first-order valence-corrected chi connectivity index (χ1v) is 5.00. The summed E-state index contributed by atoms with van der Waals surface area (Å²) < 4.78 is 4.96. The Kier molecular flexibility index (Phi) is 3.00. The summed E-state index contributed by atoms with van der Waals surface area (Å²) in [6.07, 6.45) is 0. The van der Waals surface area contributed by atoms with Crippen LogP contribution in [-0.4, -0.2) is 16.2 Å². The highest BCUT2D eigenvalue weighted by atomic mass is 16.5. The number of nitrogens with zero attached hydrogens (tertiary/aromatic N) is 1. The van der Waals surface area contributed by atoms with Crippen molar-refractivity contribution in [1.82, 2.24) is 10.2 Å². The number of benzene rings is 1. The highest BCUT2D eigenvalue weighted by Gasteiger charge is 2.10. The molecule has 5 nitrogen and oxygen atoms in total. The van der Waals surface area contributed by atoms with E-state index in [1.54, 1.807) is 0 Å². The van der Waals surface area contributed by atoms with Crippen LogP contribution in [0.15, 0.2) is 41.2 Å². The van der Waals surface area contributed by atoms with E-state index in [9.17, 15) is 9.59 Å². The van der Waals surface area contributed by atoms with Gasteiger partial charge >= 0.3 is 5.97 Å². The first-order chi connectivity index (χ1) is 8.16. The van der Waals surface area contributed by atoms with Gasteiger partial charge in [0.05, 0.1) is 6.07 Å². The molecule has 0 aliphatic heterocycles. The fourth-order valence-electron chi connectivity index (χ4n) is 1.42. The normalized spacial score (nSPS) is 9.94. The molecule has 5 heteroatoms. The molecule has 2 rings (SSSR count). The van der Waals surface area contributed by atoms with Crippen molar-refractivity contribution in [3.63, 3.8) is 0 Å². The summed E-state index contributed by atoms with van der Waals surface area (Å²) in [7, 11) is 0. The molecule has 0 amide bonds. The van der Waals surface area contributed by atoms with Crippen LogP contribution in [0.3, 0.4) is 0 Å². The number of esters is 1. The van der Waals surface area contributed by atoms with Crippen LogP contribution in [-0.2, 0) is 4.79 Å². The lowest BCUT2D eigenvalue weighted by atomic mass is 10.1. The minimum atomic E-state index is -0.491. The number of carbonyl (C=O) groups is 1. The number of aromatic nitrogens is 2. The molecule has 0 bridgehead atoms. The monoisotopic (exact) mass is 230 g/mol. The van der Waals surface area contributed by atoms with Gasteiger partial charge in [-0.2, -0.15) is 5.10 Å². The highest BCUT2D eigenvalue weighted by molar-refractivity contribution is 5.74. The third-order valence-corrected chi connectivity index (χ3v) is 2.07. The van der Waals surface area contributed by atoms with Gasteiger partial charge in [0, 0.05) is 12.5 Å². The maximum absolute atomic E-state index is 11.1. The van der Waals surface area contributed by atoms with Crippen LogP contribution < -0.4 is 10.3 Å². The Balaban J connectivity index is 2.53. The van der Waals surface area contributed by atoms with Crippen molar-refractivity contribution >= 4 is 5.97 Å². The third-order valence-electron chi connectivity index (χ3n) is 2.07. The predicted octanol–water partition coefficient (Wildman–Crippen LogP) is 1.36. The van der Waals surface area contributed by atoms with E-state index in [4.69, 9.17) is 4.74 Å². The molecule has 0 unspecified atom stereocenters. The Labute approximate surface area is 97.1 Å². The second-order valence-electron chi connectivity index (χ2n) is 3.40. The van der Waals surface area contributed by atoms with Gasteiger partial charge in [-0.1, -0.05) is 30.3 Å². The van der Waals surface area contributed by atoms with E-state index in [1.807, 2.05) is 30.3 Å². The zero-order valence-electron chi connectivity index (χ0n) is 9.14. The van der Waals surface area contributed by atoms with Crippen molar-refractivity contribution in [2.24, 2.45) is 0 Å². The van der Waals surface area contributed by atoms with Gasteiger partial charge in [0.25, 0.3) is 5.56 Å². The fourth-order valence-corrected chi connectivity index (χ4v) is 1.42. The van der Waals surface area contributed by atoms with E-state index < -0.39 is 11.5 Å². The summed E-state index contributed by atoms with van der Waals surface area (Å²) in [5.41, 5.74) is 0.779. The molecule has 0 radical (unpaired) electrons. The standard InChI is InChI=1S/C12H10N2O3/c1-8(15)17-10-7-11(16)13-14-12(10)9-5-3-2-4-6-9/h2-7H,1H3,(H,13,16). The van der Waals surface area contributed by atoms with Crippen LogP contribution in [0, 0.1) is 0 Å². The predicted molar refractivity (Wildman–Crippen MR) is 61.6 cm³/mol. The summed E-state index contributed by atoms with van der Waals surface area (Å²) >= 11 is 0. The van der Waals surface area contributed by atoms with E-state index in [-0.39, 0.29) is 5.75 Å². The molecule has 1 aromatic carbocycles. The Morgan fingerprint density at radius 2 is 2.00 bits per heavy atom. The van der Waals surface area contributed by atoms with Crippen LogP contribution in [0.25, 0.3) is 11.3 Å². The van der Waals surface area contributed by atoms with Gasteiger partial charge < -0.3 is 4.74 Å². The van der Waals surface area contributed by atoms with Crippen molar-refractivity contribution in [2.45, 2.75) is 6.92 Å². The minimum absolute atomic E-state index is 0.160. The zero-order chi connectivity index (χ0) is 12.3. The summed E-state index contributed by atoms with van der Waals surface area (Å²) in [5, 5.41) is 6.20. The van der Waals surface area contributed by atoms with E-state index >= 15 is 0 Å². The van der Waals surface area contributed by atoms with Crippen LogP contribution in [0.5, 0.6) is 5.75 Å². The Morgan fingerprint density at radius 1 is 1.29 bits per heavy atom. The summed E-state index contributed by atoms with van der Waals surface area (Å²) in [4.78, 5) is 22.1. The van der Waals surface area contributed by atoms with Crippen LogP contribution in [0.4, 0.5) is 0 Å². The van der Waals surface area contributed by atoms with Crippen molar-refractivity contribution in [1.29, 1.82) is 0 Å². The number of carbonyl (C=O) groups excluding carboxylic acids is 1. The quantitative estimate of drug-likeness (QED) is 0.791. The van der Waals surface area contributed by atoms with Gasteiger partial charge in [0.15, 0.2) is 5.75 Å². The van der Waals surface area contributed by atoms with Crippen molar-refractivity contribution in [3.05, 3.63) is 46.8 Å². The van der Waals surface area contributed by atoms with Gasteiger partial charge in [-0.25, -0.2) is 5.10 Å². The molecule has 2 aromatic rings. The van der Waals surface area contributed by atoms with Gasteiger partial charge in [0.2, 0.25) is 0 Å². The minimum Gasteiger partial charge on any atom is -0.424 e. The molecule has 86 valence electrons. The van der Waals surface area contributed by atoms with Crippen molar-refractivity contribution in [3.8, 4) is 17.0 Å². The van der Waals surface area contributed by atoms with E-state index in [0.29, 0.717) is 5.69 Å². The van der Waals surface area contributed by atoms with Crippen LogP contribution in [0.2, 0.25) is 0 Å². The number of ether oxygens (including phenoxy) is 1. The summed E-state index contributed by atoms with van der Waals surface area (Å²) in [6.45, 7) is 1.27. The van der Waals surface area contributed by atoms with E-state index in [2.05, 4.69) is 10.2 Å². The number of hydrogen-bond donors (Lipinski definition) is 1. The lowest BCUT2D eigenvalue weighted by Gasteiger charge is -2.06. The number of aromatic amines is 1. The molecule has 0 atom stereocenters. The molecular weight excluding hydrogens is 220 g/mol. The first-order valence-electron chi connectivity index (χ1n) is 5.00. The molecule has 0 saturated heterocycles. The largest absolute Gasteiger partial charge is 0.424 e. The zero-order valence-corrected chi connectivity index (χ0v) is 9.14. The number of nitrogens with one attached hydrogen (secondary N) is 1. The average molecular weight is 230 g/mol. The summed E-state index contributed by atoms with van der Waals surface area (Å²) in [6, 6.07) is 10.4. The molecule has 1 N–H and O–H groups in total. The average Bonchev–Trinajstić information content (AvgIpc) is 2.29. The molecular formula is C12H10N2O3. The number of hydrogen-bond acceptors (Lipinski definition) is 4. The Bertz CT molecular complexity index is 590. The molecule has 17 heavy (non-hydrogen) atoms. The van der Waals surface area contributed by atoms with E-state index in [0.717, 1.165) is 5.56 Å². The fraction of sp³-hybridized carbons (Fsp3) is 0.0833. The topological polar surface area (TPSA) is 72.1 Å². The molecule has 1 heterocycles. The van der Waals surface area contributed by atoms with Crippen LogP contribution in [0.1, 0.15) is 6.92 Å². The maximum Gasteiger partial charge on any atom is 0.308 e. The van der Waals surface area contributed by atoms with Crippen molar-refractivity contribution < 1.29 is 9.53 Å². The molecule has 0 fully saturated rings. The maximum atomic E-state index is 11.1. The van der Waals surface area contributed by atoms with E-state index in [1.165, 1.54) is 13.0 Å². The van der Waals surface area contributed by atoms with Gasteiger partial charge in [-0.3, -0.25) is 9.59 Å². The number of rotatable bonds is 2. The van der Waals surface area contributed by atoms with Crippen LogP contribution >= 0.6 is 0 Å². The van der Waals surface area contributed by atoms with Gasteiger partial charge in [-0.05, 0) is 0 Å².